The number of hydrogen-bond donors (Lipinski definition) is 3. The van der Waals surface area contributed by atoms with Crippen molar-refractivity contribution < 1.29 is 52.8 Å². The van der Waals surface area contributed by atoms with Crippen molar-refractivity contribution in [3.05, 3.63) is 170 Å². The summed E-state index contributed by atoms with van der Waals surface area (Å²) in [6, 6.07) is 30.5. The summed E-state index contributed by atoms with van der Waals surface area (Å²) in [4.78, 5) is 74.0. The first-order valence-corrected chi connectivity index (χ1v) is 20.2. The summed E-state index contributed by atoms with van der Waals surface area (Å²) >= 11 is 0. The number of ketones is 1. The average molecular weight is 859 g/mol. The van der Waals surface area contributed by atoms with Crippen LogP contribution in [0.3, 0.4) is 0 Å². The Morgan fingerprint density at radius 2 is 0.968 bits per heavy atom. The number of methoxy groups -OCH3 is 1. The maximum atomic E-state index is 13.1. The molecule has 0 radical (unpaired) electrons. The Morgan fingerprint density at radius 3 is 1.41 bits per heavy atom. The number of rotatable bonds is 17. The molecule has 0 spiro atoms. The molecule has 0 unspecified atom stereocenters. The number of esters is 2. The van der Waals surface area contributed by atoms with Gasteiger partial charge in [0.25, 0.3) is 0 Å². The minimum atomic E-state index is -1.18. The molecule has 13 nitrogen and oxygen atoms in total. The number of hydrogen-bond acceptors (Lipinski definition) is 10. The number of carbonyl (C=O) groups is 6. The molecular weight excluding hydrogens is 805 g/mol. The normalized spacial score (nSPS) is 11.4. The van der Waals surface area contributed by atoms with Gasteiger partial charge in [-0.1, -0.05) is 108 Å². The van der Waals surface area contributed by atoms with E-state index in [2.05, 4.69) is 10.6 Å². The van der Waals surface area contributed by atoms with Crippen LogP contribution in [0.15, 0.2) is 109 Å². The summed E-state index contributed by atoms with van der Waals surface area (Å²) in [5, 5.41) is 14.8. The van der Waals surface area contributed by atoms with E-state index in [1.165, 1.54) is 0 Å². The second-order valence-corrected chi connectivity index (χ2v) is 15.1. The molecule has 0 bridgehead atoms. The number of Topliss-reactive ketones (excluding diaryl/α,β-unsaturated/α-hetero) is 1. The number of aryl methyl sites for hydroxylation is 6. The third kappa shape index (κ3) is 15.3. The van der Waals surface area contributed by atoms with E-state index in [0.29, 0.717) is 22.4 Å². The van der Waals surface area contributed by atoms with Gasteiger partial charge >= 0.3 is 24.0 Å². The predicted molar refractivity (Wildman–Crippen MR) is 237 cm³/mol. The maximum Gasteiger partial charge on any atom is 0.408 e. The minimum Gasteiger partial charge on any atom is -0.497 e. The van der Waals surface area contributed by atoms with Crippen molar-refractivity contribution in [2.24, 2.45) is 0 Å². The second kappa shape index (κ2) is 23.6. The molecule has 0 aromatic heterocycles. The van der Waals surface area contributed by atoms with Crippen LogP contribution in [0.1, 0.15) is 70.8 Å². The van der Waals surface area contributed by atoms with Gasteiger partial charge in [0.2, 0.25) is 11.7 Å². The van der Waals surface area contributed by atoms with Crippen LogP contribution in [0.25, 0.3) is 0 Å². The van der Waals surface area contributed by atoms with Crippen LogP contribution >= 0.6 is 0 Å². The molecule has 0 aliphatic rings. The van der Waals surface area contributed by atoms with Gasteiger partial charge in [-0.05, 0) is 92.6 Å². The minimum absolute atomic E-state index is 0.0432. The van der Waals surface area contributed by atoms with Gasteiger partial charge in [-0.25, -0.2) is 19.2 Å². The zero-order chi connectivity index (χ0) is 46.1. The Bertz CT molecular complexity index is 2260. The van der Waals surface area contributed by atoms with E-state index in [0.717, 1.165) is 44.5 Å². The summed E-state index contributed by atoms with van der Waals surface area (Å²) in [7, 11) is 1.54. The van der Waals surface area contributed by atoms with Crippen LogP contribution in [0, 0.1) is 41.5 Å². The molecule has 3 N–H and O–H groups in total. The molecule has 330 valence electrons. The molecule has 5 aromatic rings. The predicted octanol–water partition coefficient (Wildman–Crippen LogP) is 7.46. The molecule has 0 fully saturated rings. The number of nitrogens with one attached hydrogen (secondary N) is 2. The van der Waals surface area contributed by atoms with Crippen molar-refractivity contribution in [3.8, 4) is 5.75 Å². The molecule has 0 saturated heterocycles. The average Bonchev–Trinajstić information content (AvgIpc) is 3.24. The lowest BCUT2D eigenvalue weighted by Crippen LogP contribution is -2.53. The molecule has 0 aliphatic heterocycles. The molecular formula is C50H54N2O11. The Labute approximate surface area is 367 Å². The molecule has 0 aliphatic carbocycles. The second-order valence-electron chi connectivity index (χ2n) is 15.1. The Kier molecular flexibility index (Phi) is 18.2. The zero-order valence-electron chi connectivity index (χ0n) is 36.6. The van der Waals surface area contributed by atoms with E-state index in [9.17, 15) is 33.9 Å². The lowest BCUT2D eigenvalue weighted by molar-refractivity contribution is -0.142. The quantitative estimate of drug-likeness (QED) is 0.0623. The Hall–Kier alpha value is -7.28. The fourth-order valence-electron chi connectivity index (χ4n) is 6.92. The number of carboxylic acids is 1. The van der Waals surface area contributed by atoms with Crippen molar-refractivity contribution >= 4 is 35.7 Å². The van der Waals surface area contributed by atoms with Crippen LogP contribution < -0.4 is 15.4 Å². The lowest BCUT2D eigenvalue weighted by Gasteiger charge is -2.21. The van der Waals surface area contributed by atoms with Gasteiger partial charge in [0, 0.05) is 12.8 Å². The molecule has 13 heteroatoms. The van der Waals surface area contributed by atoms with Gasteiger partial charge in [0.05, 0.1) is 18.2 Å². The number of aliphatic carboxylic acids is 1. The number of benzene rings is 5. The highest BCUT2D eigenvalue weighted by atomic mass is 16.6. The summed E-state index contributed by atoms with van der Waals surface area (Å²) in [6.45, 7) is 10.4. The van der Waals surface area contributed by atoms with E-state index in [1.807, 2.05) is 126 Å². The molecule has 0 saturated carbocycles. The largest absolute Gasteiger partial charge is 0.497 e. The highest BCUT2D eigenvalue weighted by molar-refractivity contribution is 5.96. The number of ether oxygens (including phenoxy) is 4. The van der Waals surface area contributed by atoms with Crippen LogP contribution in [-0.4, -0.2) is 73.2 Å². The van der Waals surface area contributed by atoms with Gasteiger partial charge in [0.15, 0.2) is 13.2 Å². The third-order valence-corrected chi connectivity index (χ3v) is 9.81. The first-order chi connectivity index (χ1) is 30.0. The van der Waals surface area contributed by atoms with E-state index in [4.69, 9.17) is 18.9 Å². The fourth-order valence-corrected chi connectivity index (χ4v) is 6.92. The van der Waals surface area contributed by atoms with Crippen molar-refractivity contribution in [2.45, 2.75) is 73.1 Å². The molecule has 2 atom stereocenters. The summed E-state index contributed by atoms with van der Waals surface area (Å²) in [5.74, 6) is -2.75. The highest BCUT2D eigenvalue weighted by Gasteiger charge is 2.28. The highest BCUT2D eigenvalue weighted by Crippen LogP contribution is 2.19. The van der Waals surface area contributed by atoms with Gasteiger partial charge < -0.3 is 34.7 Å². The van der Waals surface area contributed by atoms with Crippen molar-refractivity contribution in [2.75, 3.05) is 20.3 Å². The van der Waals surface area contributed by atoms with E-state index in [-0.39, 0.29) is 19.4 Å². The first-order valence-electron chi connectivity index (χ1n) is 20.2. The third-order valence-electron chi connectivity index (χ3n) is 9.81. The van der Waals surface area contributed by atoms with E-state index >= 15 is 0 Å². The van der Waals surface area contributed by atoms with E-state index < -0.39 is 61.0 Å². The monoisotopic (exact) mass is 858 g/mol. The smallest absolute Gasteiger partial charge is 0.408 e. The van der Waals surface area contributed by atoms with Gasteiger partial charge in [0.1, 0.15) is 24.4 Å². The topological polar surface area (TPSA) is 184 Å². The Morgan fingerprint density at radius 1 is 0.540 bits per heavy atom. The fraction of sp³-hybridized carbons (Fsp3) is 0.280. The SMILES string of the molecule is COc1ccc(C[C@H](NC(=O)[C@H](Cc2ccccc2)NC(=O)OCc2ccccc2)C(=O)O)cc1.Cc1cc(C)c(C(=O)OCC(=O)COC(=O)c2c(C)cc(C)cc2C)c(C)c1. The lowest BCUT2D eigenvalue weighted by atomic mass is 10.00. The van der Waals surface area contributed by atoms with Crippen molar-refractivity contribution in [1.82, 2.24) is 10.6 Å². The van der Waals surface area contributed by atoms with E-state index in [1.54, 1.807) is 31.4 Å². The van der Waals surface area contributed by atoms with Gasteiger partial charge in [-0.15, -0.1) is 0 Å². The molecule has 5 rings (SSSR count). The van der Waals surface area contributed by atoms with Crippen molar-refractivity contribution in [3.63, 3.8) is 0 Å². The zero-order valence-corrected chi connectivity index (χ0v) is 36.6. The number of carbonyl (C=O) groups excluding carboxylic acids is 5. The summed E-state index contributed by atoms with van der Waals surface area (Å²) in [5.41, 5.74) is 8.54. The maximum absolute atomic E-state index is 13.1. The van der Waals surface area contributed by atoms with Crippen LogP contribution in [0.4, 0.5) is 4.79 Å². The number of alkyl carbamates (subject to hydrolysis) is 1. The molecule has 63 heavy (non-hydrogen) atoms. The van der Waals surface area contributed by atoms with Gasteiger partial charge in [-0.3, -0.25) is 9.59 Å². The summed E-state index contributed by atoms with van der Waals surface area (Å²) < 4.78 is 20.6. The van der Waals surface area contributed by atoms with Crippen LogP contribution in [0.2, 0.25) is 0 Å². The number of amides is 2. The molecule has 0 heterocycles. The standard InChI is InChI=1S/C27H28N2O6.C23H26O5/c1-34-22-14-12-20(13-15-22)17-24(26(31)32)28-25(30)23(16-19-8-4-2-5-9-19)29-27(33)35-18-21-10-6-3-7-11-21;1-13-7-15(3)20(16(4)8-13)22(25)27-11-19(24)12-28-23(26)21-17(5)9-14(2)10-18(21)6/h2-15,23-24H,16-18H2,1H3,(H,28,30)(H,29,33)(H,31,32);7-10H,11-12H2,1-6H3/t23-,24-;/m0./s1. The Balaban J connectivity index is 0.000000284. The molecule has 5 aromatic carbocycles. The van der Waals surface area contributed by atoms with Crippen LogP contribution in [-0.2, 0) is 48.0 Å². The number of carboxylic acid groups (broad SMARTS) is 1. The van der Waals surface area contributed by atoms with Gasteiger partial charge in [-0.2, -0.15) is 0 Å². The first kappa shape index (κ1) is 48.4. The van der Waals surface area contributed by atoms with Crippen molar-refractivity contribution in [1.29, 1.82) is 0 Å². The summed E-state index contributed by atoms with van der Waals surface area (Å²) in [6.07, 6.45) is -0.532. The van der Waals surface area contributed by atoms with Crippen LogP contribution in [0.5, 0.6) is 5.75 Å². The molecule has 2 amide bonds.